The molecule has 0 aliphatic carbocycles. The summed E-state index contributed by atoms with van der Waals surface area (Å²) in [6.45, 7) is 0.538. The number of anilines is 2. The molecule has 0 unspecified atom stereocenters. The van der Waals surface area contributed by atoms with Crippen LogP contribution in [0, 0.1) is 0 Å². The van der Waals surface area contributed by atoms with Gasteiger partial charge in [0, 0.05) is 35.8 Å². The number of aromatic nitrogens is 2. The van der Waals surface area contributed by atoms with Crippen molar-refractivity contribution in [1.29, 1.82) is 0 Å². The van der Waals surface area contributed by atoms with Crippen LogP contribution in [-0.4, -0.2) is 33.5 Å². The number of carboxylic acid groups (broad SMARTS) is 1. The van der Waals surface area contributed by atoms with Crippen molar-refractivity contribution in [2.75, 3.05) is 11.9 Å². The van der Waals surface area contributed by atoms with E-state index in [1.807, 2.05) is 60.7 Å². The number of aromatic carboxylic acids is 1. The second-order valence-electron chi connectivity index (χ2n) is 8.85. The Morgan fingerprint density at radius 1 is 0.865 bits per heavy atom. The number of pyridine rings is 2. The molecule has 1 aliphatic rings. The minimum absolute atomic E-state index is 0.145. The van der Waals surface area contributed by atoms with E-state index in [1.165, 1.54) is 0 Å². The van der Waals surface area contributed by atoms with Crippen molar-refractivity contribution in [2.45, 2.75) is 6.42 Å². The Kier molecular flexibility index (Phi) is 5.58. The Bertz CT molecular complexity index is 1670. The molecule has 0 saturated carbocycles. The number of nitrogens with one attached hydrogen (secondary N) is 2. The number of carboxylic acids is 1. The summed E-state index contributed by atoms with van der Waals surface area (Å²) in [5, 5.41) is 16.6. The first-order valence-corrected chi connectivity index (χ1v) is 11.9. The van der Waals surface area contributed by atoms with Crippen LogP contribution in [0.2, 0.25) is 0 Å². The van der Waals surface area contributed by atoms with E-state index in [4.69, 9.17) is 4.98 Å². The fourth-order valence-corrected chi connectivity index (χ4v) is 4.68. The molecule has 0 saturated heterocycles. The normalized spacial score (nSPS) is 12.6. The predicted molar refractivity (Wildman–Crippen MR) is 143 cm³/mol. The first-order chi connectivity index (χ1) is 18.1. The quantitative estimate of drug-likeness (QED) is 0.295. The van der Waals surface area contributed by atoms with Crippen molar-refractivity contribution in [3.8, 4) is 22.4 Å². The van der Waals surface area contributed by atoms with Crippen LogP contribution in [0.15, 0.2) is 91.1 Å². The zero-order valence-electron chi connectivity index (χ0n) is 19.7. The van der Waals surface area contributed by atoms with Gasteiger partial charge in [-0.1, -0.05) is 36.4 Å². The SMILES string of the molecule is O=C(O)c1ccc(-c2cccc(-c3cc(Nc4cccc5ncccc45)c4c(n3)CCNC4=O)c2)cc1. The van der Waals surface area contributed by atoms with E-state index >= 15 is 0 Å². The molecule has 1 aliphatic heterocycles. The molecule has 3 heterocycles. The Morgan fingerprint density at radius 2 is 1.68 bits per heavy atom. The predicted octanol–water partition coefficient (Wildman–Crippen LogP) is 5.69. The van der Waals surface area contributed by atoms with Crippen molar-refractivity contribution >= 4 is 34.2 Å². The van der Waals surface area contributed by atoms with Crippen LogP contribution in [0.1, 0.15) is 26.4 Å². The highest BCUT2D eigenvalue weighted by Gasteiger charge is 2.24. The standard InChI is InChI=1S/C30H22N4O3/c35-29-28-25(13-15-32-29)34-26(17-27(28)33-24-8-2-7-23-22(24)6-3-14-31-23)21-5-1-4-20(16-21)18-9-11-19(12-10-18)30(36)37/h1-12,14,16-17H,13,15H2,(H,32,35)(H,33,34)(H,36,37). The molecule has 3 aromatic carbocycles. The fourth-order valence-electron chi connectivity index (χ4n) is 4.68. The van der Waals surface area contributed by atoms with Crippen molar-refractivity contribution in [1.82, 2.24) is 15.3 Å². The van der Waals surface area contributed by atoms with Crippen LogP contribution in [0.4, 0.5) is 11.4 Å². The molecule has 1 amide bonds. The molecule has 180 valence electrons. The van der Waals surface area contributed by atoms with Gasteiger partial charge in [-0.05, 0) is 59.7 Å². The van der Waals surface area contributed by atoms with E-state index in [-0.39, 0.29) is 11.5 Å². The highest BCUT2D eigenvalue weighted by molar-refractivity contribution is 6.04. The summed E-state index contributed by atoms with van der Waals surface area (Å²) in [6.07, 6.45) is 2.39. The van der Waals surface area contributed by atoms with E-state index in [1.54, 1.807) is 30.5 Å². The maximum atomic E-state index is 12.9. The molecule has 7 heteroatoms. The second-order valence-corrected chi connectivity index (χ2v) is 8.85. The zero-order chi connectivity index (χ0) is 25.4. The molecule has 0 fully saturated rings. The molecule has 7 nitrogen and oxygen atoms in total. The Balaban J connectivity index is 1.44. The van der Waals surface area contributed by atoms with Crippen LogP contribution in [0.5, 0.6) is 0 Å². The summed E-state index contributed by atoms with van der Waals surface area (Å²) in [4.78, 5) is 33.4. The van der Waals surface area contributed by atoms with Crippen molar-refractivity contribution in [2.24, 2.45) is 0 Å². The third kappa shape index (κ3) is 4.27. The first-order valence-electron chi connectivity index (χ1n) is 11.9. The van der Waals surface area contributed by atoms with Gasteiger partial charge in [0.2, 0.25) is 0 Å². The van der Waals surface area contributed by atoms with E-state index in [9.17, 15) is 14.7 Å². The highest BCUT2D eigenvalue weighted by atomic mass is 16.4. The number of fused-ring (bicyclic) bond motifs is 2. The minimum atomic E-state index is -0.954. The summed E-state index contributed by atoms with van der Waals surface area (Å²) < 4.78 is 0. The second kappa shape index (κ2) is 9.20. The van der Waals surface area contributed by atoms with Crippen LogP contribution >= 0.6 is 0 Å². The monoisotopic (exact) mass is 486 g/mol. The fraction of sp³-hybridized carbons (Fsp3) is 0.0667. The molecule has 0 bridgehead atoms. The molecule has 2 aromatic heterocycles. The Labute approximate surface area is 212 Å². The summed E-state index contributed by atoms with van der Waals surface area (Å²) in [5.41, 5.74) is 7.45. The molecule has 3 N–H and O–H groups in total. The van der Waals surface area contributed by atoms with Gasteiger partial charge in [-0.15, -0.1) is 0 Å². The molecular formula is C30H22N4O3. The Hall–Kier alpha value is -5.04. The average molecular weight is 487 g/mol. The van der Waals surface area contributed by atoms with Crippen molar-refractivity contribution < 1.29 is 14.7 Å². The van der Waals surface area contributed by atoms with Crippen LogP contribution < -0.4 is 10.6 Å². The number of nitrogens with zero attached hydrogens (tertiary/aromatic N) is 2. The minimum Gasteiger partial charge on any atom is -0.478 e. The molecule has 0 radical (unpaired) electrons. The van der Waals surface area contributed by atoms with Gasteiger partial charge in [-0.2, -0.15) is 0 Å². The van der Waals surface area contributed by atoms with Crippen LogP contribution in [0.3, 0.4) is 0 Å². The maximum Gasteiger partial charge on any atom is 0.335 e. The number of amides is 1. The topological polar surface area (TPSA) is 104 Å². The number of carbonyl (C=O) groups excluding carboxylic acids is 1. The summed E-state index contributed by atoms with van der Waals surface area (Å²) in [5.74, 6) is -1.10. The lowest BCUT2D eigenvalue weighted by atomic mass is 9.98. The van der Waals surface area contributed by atoms with Crippen molar-refractivity contribution in [3.63, 3.8) is 0 Å². The third-order valence-electron chi connectivity index (χ3n) is 6.51. The molecule has 37 heavy (non-hydrogen) atoms. The molecule has 6 rings (SSSR count). The maximum absolute atomic E-state index is 12.9. The number of carbonyl (C=O) groups is 2. The summed E-state index contributed by atoms with van der Waals surface area (Å²) in [7, 11) is 0. The Morgan fingerprint density at radius 3 is 2.51 bits per heavy atom. The van der Waals surface area contributed by atoms with Crippen LogP contribution in [-0.2, 0) is 6.42 Å². The lowest BCUT2D eigenvalue weighted by Gasteiger charge is -2.21. The van der Waals surface area contributed by atoms with E-state index in [0.29, 0.717) is 24.2 Å². The van der Waals surface area contributed by atoms with Crippen LogP contribution in [0.25, 0.3) is 33.3 Å². The molecule has 0 atom stereocenters. The lowest BCUT2D eigenvalue weighted by molar-refractivity contribution is 0.0696. The van der Waals surface area contributed by atoms with E-state index in [0.717, 1.165) is 44.7 Å². The van der Waals surface area contributed by atoms with Gasteiger partial charge >= 0.3 is 5.97 Å². The van der Waals surface area contributed by atoms with Gasteiger partial charge in [0.25, 0.3) is 5.91 Å². The average Bonchev–Trinajstić information content (AvgIpc) is 2.93. The lowest BCUT2D eigenvalue weighted by Crippen LogP contribution is -2.33. The largest absolute Gasteiger partial charge is 0.478 e. The first kappa shape index (κ1) is 22.4. The van der Waals surface area contributed by atoms with Crippen molar-refractivity contribution in [3.05, 3.63) is 108 Å². The number of rotatable bonds is 5. The van der Waals surface area contributed by atoms with Gasteiger partial charge in [-0.25, -0.2) is 4.79 Å². The van der Waals surface area contributed by atoms with Gasteiger partial charge in [0.1, 0.15) is 0 Å². The van der Waals surface area contributed by atoms with Gasteiger partial charge < -0.3 is 15.7 Å². The van der Waals surface area contributed by atoms with E-state index in [2.05, 4.69) is 15.6 Å². The van der Waals surface area contributed by atoms with Gasteiger partial charge in [0.15, 0.2) is 0 Å². The smallest absolute Gasteiger partial charge is 0.335 e. The third-order valence-corrected chi connectivity index (χ3v) is 6.51. The van der Waals surface area contributed by atoms with Gasteiger partial charge in [0.05, 0.1) is 33.7 Å². The number of benzene rings is 3. The van der Waals surface area contributed by atoms with Gasteiger partial charge in [-0.3, -0.25) is 14.8 Å². The van der Waals surface area contributed by atoms with E-state index < -0.39 is 5.97 Å². The number of hydrogen-bond donors (Lipinski definition) is 3. The number of hydrogen-bond acceptors (Lipinski definition) is 5. The summed E-state index contributed by atoms with van der Waals surface area (Å²) >= 11 is 0. The zero-order valence-corrected chi connectivity index (χ0v) is 19.7. The molecule has 0 spiro atoms. The molecular weight excluding hydrogens is 464 g/mol. The highest BCUT2D eigenvalue weighted by Crippen LogP contribution is 2.34. The summed E-state index contributed by atoms with van der Waals surface area (Å²) in [6, 6.07) is 26.4. The molecule has 5 aromatic rings.